The van der Waals surface area contributed by atoms with Crippen LogP contribution >= 0.6 is 0 Å². The smallest absolute Gasteiger partial charge is 0.140 e. The summed E-state index contributed by atoms with van der Waals surface area (Å²) in [5, 5.41) is 10.6. The van der Waals surface area contributed by atoms with Crippen molar-refractivity contribution in [2.24, 2.45) is 7.05 Å². The number of nitrogens with zero attached hydrogens (tertiary/aromatic N) is 2. The third-order valence-electron chi connectivity index (χ3n) is 3.59. The summed E-state index contributed by atoms with van der Waals surface area (Å²) >= 11 is 0. The maximum absolute atomic E-state index is 7.53. The van der Waals surface area contributed by atoms with E-state index in [9.17, 15) is 0 Å². The van der Waals surface area contributed by atoms with Crippen LogP contribution in [-0.4, -0.2) is 15.4 Å². The van der Waals surface area contributed by atoms with Crippen molar-refractivity contribution in [3.63, 3.8) is 0 Å². The van der Waals surface area contributed by atoms with E-state index >= 15 is 0 Å². The Morgan fingerprint density at radius 2 is 1.95 bits per heavy atom. The van der Waals surface area contributed by atoms with E-state index in [0.717, 1.165) is 33.7 Å². The molecule has 2 N–H and O–H groups in total. The van der Waals surface area contributed by atoms with Gasteiger partial charge in [0.1, 0.15) is 5.82 Å². The van der Waals surface area contributed by atoms with E-state index in [1.807, 2.05) is 44.3 Å². The number of aryl methyl sites for hydroxylation is 2. The summed E-state index contributed by atoms with van der Waals surface area (Å²) < 4.78 is 2.11. The second kappa shape index (κ2) is 5.05. The van der Waals surface area contributed by atoms with Gasteiger partial charge in [-0.1, -0.05) is 12.1 Å². The van der Waals surface area contributed by atoms with E-state index in [-0.39, 0.29) is 0 Å². The average Bonchev–Trinajstić information content (AvgIpc) is 2.79. The van der Waals surface area contributed by atoms with E-state index in [0.29, 0.717) is 5.84 Å². The van der Waals surface area contributed by atoms with E-state index in [4.69, 9.17) is 10.4 Å². The molecule has 0 aliphatic carbocycles. The number of nitrogens with one attached hydrogen (secondary N) is 2. The van der Waals surface area contributed by atoms with Gasteiger partial charge in [-0.05, 0) is 49.7 Å². The third kappa shape index (κ3) is 2.40. The second-order valence-electron chi connectivity index (χ2n) is 5.26. The summed E-state index contributed by atoms with van der Waals surface area (Å²) in [5.41, 5.74) is 5.28. The van der Waals surface area contributed by atoms with Gasteiger partial charge in [-0.25, -0.2) is 4.98 Å². The Hall–Kier alpha value is -2.62. The SMILES string of the molecule is CC(=N)Nc1ccc(-c2nc3ccccc3n2C)cc1C. The van der Waals surface area contributed by atoms with Crippen molar-refractivity contribution < 1.29 is 0 Å². The number of imidazole rings is 1. The Morgan fingerprint density at radius 3 is 2.62 bits per heavy atom. The molecule has 0 saturated heterocycles. The van der Waals surface area contributed by atoms with E-state index < -0.39 is 0 Å². The number of amidine groups is 1. The van der Waals surface area contributed by atoms with Gasteiger partial charge in [-0.15, -0.1) is 0 Å². The fourth-order valence-electron chi connectivity index (χ4n) is 2.55. The van der Waals surface area contributed by atoms with Crippen LogP contribution in [0.3, 0.4) is 0 Å². The van der Waals surface area contributed by atoms with Crippen LogP contribution in [0.2, 0.25) is 0 Å². The molecule has 106 valence electrons. The molecule has 0 amide bonds. The van der Waals surface area contributed by atoms with Gasteiger partial charge in [-0.2, -0.15) is 0 Å². The number of benzene rings is 2. The molecule has 0 atom stereocenters. The monoisotopic (exact) mass is 278 g/mol. The summed E-state index contributed by atoms with van der Waals surface area (Å²) in [6.07, 6.45) is 0. The van der Waals surface area contributed by atoms with Crippen LogP contribution in [0, 0.1) is 12.3 Å². The first-order valence-electron chi connectivity index (χ1n) is 6.91. The predicted molar refractivity (Wildman–Crippen MR) is 87.9 cm³/mol. The predicted octanol–water partition coefficient (Wildman–Crippen LogP) is 3.96. The number of aromatic nitrogens is 2. The fraction of sp³-hybridized carbons (Fsp3) is 0.176. The van der Waals surface area contributed by atoms with Gasteiger partial charge in [-0.3, -0.25) is 5.41 Å². The van der Waals surface area contributed by atoms with Crippen molar-refractivity contribution in [2.45, 2.75) is 13.8 Å². The fourth-order valence-corrected chi connectivity index (χ4v) is 2.55. The Labute approximate surface area is 124 Å². The normalized spacial score (nSPS) is 10.8. The molecule has 4 heteroatoms. The molecule has 0 radical (unpaired) electrons. The molecular weight excluding hydrogens is 260 g/mol. The van der Waals surface area contributed by atoms with Crippen molar-refractivity contribution in [1.82, 2.24) is 9.55 Å². The lowest BCUT2D eigenvalue weighted by Gasteiger charge is -2.10. The average molecular weight is 278 g/mol. The zero-order valence-corrected chi connectivity index (χ0v) is 12.4. The number of fused-ring (bicyclic) bond motifs is 1. The maximum atomic E-state index is 7.53. The third-order valence-corrected chi connectivity index (χ3v) is 3.59. The summed E-state index contributed by atoms with van der Waals surface area (Å²) in [7, 11) is 2.04. The summed E-state index contributed by atoms with van der Waals surface area (Å²) in [4.78, 5) is 4.71. The van der Waals surface area contributed by atoms with Crippen molar-refractivity contribution in [3.8, 4) is 11.4 Å². The molecule has 2 aromatic carbocycles. The molecule has 3 aromatic rings. The number of para-hydroxylation sites is 2. The van der Waals surface area contributed by atoms with Crippen molar-refractivity contribution in [3.05, 3.63) is 48.0 Å². The van der Waals surface area contributed by atoms with Gasteiger partial charge < -0.3 is 9.88 Å². The Kier molecular flexibility index (Phi) is 3.22. The van der Waals surface area contributed by atoms with Crippen LogP contribution in [0.25, 0.3) is 22.4 Å². The largest absolute Gasteiger partial charge is 0.344 e. The van der Waals surface area contributed by atoms with E-state index in [1.54, 1.807) is 6.92 Å². The highest BCUT2D eigenvalue weighted by Gasteiger charge is 2.10. The van der Waals surface area contributed by atoms with Gasteiger partial charge in [0.2, 0.25) is 0 Å². The quantitative estimate of drug-likeness (QED) is 0.550. The van der Waals surface area contributed by atoms with E-state index in [2.05, 4.69) is 22.0 Å². The van der Waals surface area contributed by atoms with Gasteiger partial charge in [0, 0.05) is 18.3 Å². The minimum atomic E-state index is 0.439. The standard InChI is InChI=1S/C17H18N4/c1-11-10-13(8-9-14(11)19-12(2)18)17-20-15-6-4-5-7-16(15)21(17)3/h4-10H,1-3H3,(H2,18,19). The molecule has 0 aliphatic heterocycles. The lowest BCUT2D eigenvalue weighted by atomic mass is 10.1. The Balaban J connectivity index is 2.08. The Bertz CT molecular complexity index is 830. The van der Waals surface area contributed by atoms with Crippen LogP contribution in [0.4, 0.5) is 5.69 Å². The highest BCUT2D eigenvalue weighted by atomic mass is 15.1. The summed E-state index contributed by atoms with van der Waals surface area (Å²) in [5.74, 6) is 1.39. The number of hydrogen-bond donors (Lipinski definition) is 2. The molecule has 4 nitrogen and oxygen atoms in total. The van der Waals surface area contributed by atoms with Crippen LogP contribution in [0.1, 0.15) is 12.5 Å². The zero-order valence-electron chi connectivity index (χ0n) is 12.4. The molecule has 0 unspecified atom stereocenters. The number of anilines is 1. The molecule has 21 heavy (non-hydrogen) atoms. The van der Waals surface area contributed by atoms with Crippen LogP contribution in [0.5, 0.6) is 0 Å². The first-order chi connectivity index (χ1) is 10.1. The van der Waals surface area contributed by atoms with Crippen molar-refractivity contribution in [1.29, 1.82) is 5.41 Å². The van der Waals surface area contributed by atoms with Gasteiger partial charge >= 0.3 is 0 Å². The summed E-state index contributed by atoms with van der Waals surface area (Å²) in [6.45, 7) is 3.77. The maximum Gasteiger partial charge on any atom is 0.140 e. The highest BCUT2D eigenvalue weighted by molar-refractivity contribution is 5.92. The van der Waals surface area contributed by atoms with Crippen LogP contribution < -0.4 is 5.32 Å². The van der Waals surface area contributed by atoms with Gasteiger partial charge in [0.15, 0.2) is 0 Å². The van der Waals surface area contributed by atoms with Gasteiger partial charge in [0.25, 0.3) is 0 Å². The molecule has 0 spiro atoms. The molecule has 1 heterocycles. The zero-order chi connectivity index (χ0) is 15.0. The highest BCUT2D eigenvalue weighted by Crippen LogP contribution is 2.26. The Morgan fingerprint density at radius 1 is 1.19 bits per heavy atom. The van der Waals surface area contributed by atoms with Crippen molar-refractivity contribution in [2.75, 3.05) is 5.32 Å². The first-order valence-corrected chi connectivity index (χ1v) is 6.91. The minimum Gasteiger partial charge on any atom is -0.344 e. The van der Waals surface area contributed by atoms with Gasteiger partial charge in [0.05, 0.1) is 16.9 Å². The lowest BCUT2D eigenvalue weighted by molar-refractivity contribution is 0.959. The minimum absolute atomic E-state index is 0.439. The topological polar surface area (TPSA) is 53.7 Å². The number of rotatable bonds is 2. The first kappa shape index (κ1) is 13.4. The number of hydrogen-bond acceptors (Lipinski definition) is 2. The molecule has 1 aromatic heterocycles. The molecule has 0 aliphatic rings. The van der Waals surface area contributed by atoms with Crippen LogP contribution in [0.15, 0.2) is 42.5 Å². The molecule has 3 rings (SSSR count). The van der Waals surface area contributed by atoms with Crippen LogP contribution in [-0.2, 0) is 7.05 Å². The van der Waals surface area contributed by atoms with Crippen molar-refractivity contribution >= 4 is 22.6 Å². The molecule has 0 fully saturated rings. The molecule has 0 bridgehead atoms. The lowest BCUT2D eigenvalue weighted by Crippen LogP contribution is -2.06. The van der Waals surface area contributed by atoms with E-state index in [1.165, 1.54) is 0 Å². The summed E-state index contributed by atoms with van der Waals surface area (Å²) in [6, 6.07) is 14.3. The molecular formula is C17H18N4. The molecule has 0 saturated carbocycles. The second-order valence-corrected chi connectivity index (χ2v) is 5.26.